The molecule has 0 radical (unpaired) electrons. The Kier molecular flexibility index (Phi) is 6.87. The van der Waals surface area contributed by atoms with Gasteiger partial charge in [0.05, 0.1) is 5.56 Å². The predicted molar refractivity (Wildman–Crippen MR) is 71.9 cm³/mol. The highest BCUT2D eigenvalue weighted by molar-refractivity contribution is 6.31. The first-order valence-corrected chi connectivity index (χ1v) is 6.52. The first-order chi connectivity index (χ1) is 9.90. The summed E-state index contributed by atoms with van der Waals surface area (Å²) in [6.45, 7) is -2.82. The van der Waals surface area contributed by atoms with Crippen molar-refractivity contribution in [2.45, 2.75) is 25.9 Å². The van der Waals surface area contributed by atoms with Crippen molar-refractivity contribution in [3.05, 3.63) is 28.8 Å². The van der Waals surface area contributed by atoms with Crippen LogP contribution in [0.4, 0.5) is 8.78 Å². The van der Waals surface area contributed by atoms with Crippen molar-refractivity contribution in [2.24, 2.45) is 0 Å². The number of benzene rings is 1. The van der Waals surface area contributed by atoms with Gasteiger partial charge in [-0.1, -0.05) is 11.6 Å². The summed E-state index contributed by atoms with van der Waals surface area (Å²) in [6, 6.07) is 3.75. The van der Waals surface area contributed by atoms with Crippen molar-refractivity contribution in [1.82, 2.24) is 5.32 Å². The molecule has 0 aromatic heterocycles. The Hall–Kier alpha value is -1.89. The maximum absolute atomic E-state index is 12.3. The summed E-state index contributed by atoms with van der Waals surface area (Å²) in [5.74, 6) is -1.79. The summed E-state index contributed by atoms with van der Waals surface area (Å²) < 4.78 is 28.7. The Morgan fingerprint density at radius 1 is 1.33 bits per heavy atom. The van der Waals surface area contributed by atoms with E-state index in [-0.39, 0.29) is 29.3 Å². The summed E-state index contributed by atoms with van der Waals surface area (Å²) in [5.41, 5.74) is -0.0963. The highest BCUT2D eigenvalue weighted by Gasteiger charge is 2.16. The lowest BCUT2D eigenvalue weighted by molar-refractivity contribution is -0.137. The van der Waals surface area contributed by atoms with Crippen LogP contribution < -0.4 is 10.1 Å². The van der Waals surface area contributed by atoms with E-state index in [9.17, 15) is 18.4 Å². The normalized spacial score (nSPS) is 10.5. The van der Waals surface area contributed by atoms with Gasteiger partial charge in [0.1, 0.15) is 5.75 Å². The summed E-state index contributed by atoms with van der Waals surface area (Å²) in [4.78, 5) is 22.2. The molecule has 0 aliphatic rings. The summed E-state index contributed by atoms with van der Waals surface area (Å²) in [7, 11) is 0. The highest BCUT2D eigenvalue weighted by atomic mass is 35.5. The lowest BCUT2D eigenvalue weighted by atomic mass is 10.2. The van der Waals surface area contributed by atoms with E-state index in [4.69, 9.17) is 16.7 Å². The molecule has 0 atom stereocenters. The predicted octanol–water partition coefficient (Wildman–Crippen LogP) is 2.93. The molecular weight excluding hydrogens is 308 g/mol. The molecule has 0 aliphatic carbocycles. The SMILES string of the molecule is O=C(O)CCCCNC(=O)c1cc(Cl)ccc1OC(F)F. The van der Waals surface area contributed by atoms with Crippen molar-refractivity contribution < 1.29 is 28.2 Å². The second-order valence-corrected chi connectivity index (χ2v) is 4.56. The van der Waals surface area contributed by atoms with E-state index in [2.05, 4.69) is 10.1 Å². The molecule has 1 aromatic carbocycles. The second kappa shape index (κ2) is 8.41. The monoisotopic (exact) mass is 321 g/mol. The highest BCUT2D eigenvalue weighted by Crippen LogP contribution is 2.24. The van der Waals surface area contributed by atoms with Gasteiger partial charge >= 0.3 is 12.6 Å². The number of hydrogen-bond acceptors (Lipinski definition) is 3. The van der Waals surface area contributed by atoms with E-state index in [1.807, 2.05) is 0 Å². The molecule has 5 nitrogen and oxygen atoms in total. The topological polar surface area (TPSA) is 75.6 Å². The summed E-state index contributed by atoms with van der Waals surface area (Å²) in [5, 5.41) is 11.2. The number of carboxylic acids is 1. The van der Waals surface area contributed by atoms with Crippen LogP contribution in [-0.4, -0.2) is 30.1 Å². The number of unbranched alkanes of at least 4 members (excludes halogenated alkanes) is 1. The van der Waals surface area contributed by atoms with Crippen LogP contribution in [0.15, 0.2) is 18.2 Å². The van der Waals surface area contributed by atoms with Crippen molar-refractivity contribution >= 4 is 23.5 Å². The minimum absolute atomic E-state index is 0.00673. The molecule has 8 heteroatoms. The van der Waals surface area contributed by atoms with Crippen molar-refractivity contribution in [1.29, 1.82) is 0 Å². The maximum atomic E-state index is 12.3. The second-order valence-electron chi connectivity index (χ2n) is 4.13. The van der Waals surface area contributed by atoms with Gasteiger partial charge < -0.3 is 15.2 Å². The number of rotatable bonds is 8. The van der Waals surface area contributed by atoms with E-state index in [1.54, 1.807) is 0 Å². The van der Waals surface area contributed by atoms with E-state index in [1.165, 1.54) is 18.2 Å². The number of carbonyl (C=O) groups excluding carboxylic acids is 1. The smallest absolute Gasteiger partial charge is 0.387 e. The Morgan fingerprint density at radius 3 is 2.67 bits per heavy atom. The molecule has 0 spiro atoms. The fraction of sp³-hybridized carbons (Fsp3) is 0.385. The zero-order chi connectivity index (χ0) is 15.8. The van der Waals surface area contributed by atoms with E-state index in [0.717, 1.165) is 0 Å². The molecule has 0 aliphatic heterocycles. The van der Waals surface area contributed by atoms with Gasteiger partial charge in [-0.15, -0.1) is 0 Å². The number of halogens is 3. The minimum atomic E-state index is -3.05. The standard InChI is InChI=1S/C13H14ClF2NO4/c14-8-4-5-10(21-13(15)16)9(7-8)12(20)17-6-2-1-3-11(18)19/h4-5,7,13H,1-3,6H2,(H,17,20)(H,18,19). The third-order valence-electron chi connectivity index (χ3n) is 2.51. The molecule has 1 aromatic rings. The molecule has 1 rings (SSSR count). The van der Waals surface area contributed by atoms with Gasteiger partial charge in [0.25, 0.3) is 5.91 Å². The fourth-order valence-corrected chi connectivity index (χ4v) is 1.75. The Labute approximate surface area is 124 Å². The van der Waals surface area contributed by atoms with E-state index in [0.29, 0.717) is 12.8 Å². The van der Waals surface area contributed by atoms with Crippen LogP contribution in [0.5, 0.6) is 5.75 Å². The zero-order valence-electron chi connectivity index (χ0n) is 10.9. The lowest BCUT2D eigenvalue weighted by Crippen LogP contribution is -2.25. The van der Waals surface area contributed by atoms with Gasteiger partial charge in [-0.05, 0) is 31.0 Å². The van der Waals surface area contributed by atoms with E-state index >= 15 is 0 Å². The first-order valence-electron chi connectivity index (χ1n) is 6.14. The van der Waals surface area contributed by atoms with Crippen LogP contribution in [0.2, 0.25) is 5.02 Å². The number of hydrogen-bond donors (Lipinski definition) is 2. The number of ether oxygens (including phenoxy) is 1. The minimum Gasteiger partial charge on any atom is -0.481 e. The third kappa shape index (κ3) is 6.40. The number of alkyl halides is 2. The van der Waals surface area contributed by atoms with Gasteiger partial charge in [-0.25, -0.2) is 0 Å². The first kappa shape index (κ1) is 17.2. The molecule has 1 amide bonds. The molecule has 0 saturated heterocycles. The third-order valence-corrected chi connectivity index (χ3v) is 2.74. The average Bonchev–Trinajstić information content (AvgIpc) is 2.39. The van der Waals surface area contributed by atoms with Crippen molar-refractivity contribution in [2.75, 3.05) is 6.54 Å². The molecule has 0 bridgehead atoms. The number of aliphatic carboxylic acids is 1. The largest absolute Gasteiger partial charge is 0.481 e. The Balaban J connectivity index is 2.60. The molecule has 0 heterocycles. The van der Waals surface area contributed by atoms with Crippen LogP contribution in [0.1, 0.15) is 29.6 Å². The molecule has 116 valence electrons. The maximum Gasteiger partial charge on any atom is 0.387 e. The van der Waals surface area contributed by atoms with Crippen molar-refractivity contribution in [3.63, 3.8) is 0 Å². The van der Waals surface area contributed by atoms with E-state index < -0.39 is 18.5 Å². The molecule has 0 fully saturated rings. The number of carboxylic acid groups (broad SMARTS) is 1. The molecule has 21 heavy (non-hydrogen) atoms. The lowest BCUT2D eigenvalue weighted by Gasteiger charge is -2.11. The average molecular weight is 322 g/mol. The van der Waals surface area contributed by atoms with Gasteiger partial charge in [-0.2, -0.15) is 8.78 Å². The van der Waals surface area contributed by atoms with Gasteiger partial charge in [0, 0.05) is 18.0 Å². The molecule has 0 saturated carbocycles. The van der Waals surface area contributed by atoms with Crippen LogP contribution >= 0.6 is 11.6 Å². The van der Waals surface area contributed by atoms with Crippen LogP contribution in [0.25, 0.3) is 0 Å². The summed E-state index contributed by atoms with van der Waals surface area (Å²) in [6.07, 6.45) is 0.877. The van der Waals surface area contributed by atoms with Crippen molar-refractivity contribution in [3.8, 4) is 5.75 Å². The van der Waals surface area contributed by atoms with Gasteiger partial charge in [-0.3, -0.25) is 9.59 Å². The van der Waals surface area contributed by atoms with Gasteiger partial charge in [0.2, 0.25) is 0 Å². The number of amides is 1. The number of nitrogens with one attached hydrogen (secondary N) is 1. The molecule has 0 unspecified atom stereocenters. The molecule has 2 N–H and O–H groups in total. The van der Waals surface area contributed by atoms with Crippen LogP contribution in [-0.2, 0) is 4.79 Å². The number of carbonyl (C=O) groups is 2. The Morgan fingerprint density at radius 2 is 2.05 bits per heavy atom. The zero-order valence-corrected chi connectivity index (χ0v) is 11.7. The summed E-state index contributed by atoms with van der Waals surface area (Å²) >= 11 is 5.73. The van der Waals surface area contributed by atoms with Crippen LogP contribution in [0.3, 0.4) is 0 Å². The van der Waals surface area contributed by atoms with Gasteiger partial charge in [0.15, 0.2) is 0 Å². The Bertz CT molecular complexity index is 511. The quantitative estimate of drug-likeness (QED) is 0.722. The molecular formula is C13H14ClF2NO4. The van der Waals surface area contributed by atoms with Crippen LogP contribution in [0, 0.1) is 0 Å². The fourth-order valence-electron chi connectivity index (χ4n) is 1.58.